The molecule has 1 heteroatoms. The summed E-state index contributed by atoms with van der Waals surface area (Å²) < 4.78 is 0. The van der Waals surface area contributed by atoms with Crippen LogP contribution in [0, 0.1) is 0 Å². The molecule has 1 nitrogen and oxygen atoms in total. The van der Waals surface area contributed by atoms with Crippen LogP contribution in [0.2, 0.25) is 0 Å². The van der Waals surface area contributed by atoms with Gasteiger partial charge in [-0.2, -0.15) is 0 Å². The lowest BCUT2D eigenvalue weighted by molar-refractivity contribution is 1.52. The van der Waals surface area contributed by atoms with E-state index in [2.05, 4.69) is 30.1 Å². The number of hydrogen-bond acceptors (Lipinski definition) is 1. The summed E-state index contributed by atoms with van der Waals surface area (Å²) in [5.41, 5.74) is 4.44. The van der Waals surface area contributed by atoms with Gasteiger partial charge in [-0.05, 0) is 36.8 Å². The molecule has 0 unspecified atom stereocenters. The number of benzene rings is 2. The minimum absolute atomic E-state index is 1.08. The molecule has 0 saturated heterocycles. The number of hydrogen-bond donors (Lipinski definition) is 1. The number of allylic oxidation sites excluding steroid dienone is 1. The summed E-state index contributed by atoms with van der Waals surface area (Å²) in [5, 5.41) is 3.36. The molecule has 0 saturated carbocycles. The summed E-state index contributed by atoms with van der Waals surface area (Å²) in [6, 6.07) is 18.4. The second-order valence-corrected chi connectivity index (χ2v) is 3.85. The SMILES string of the molecule is C=C(C)c1cccc(Nc2ccccc2)c1. The van der Waals surface area contributed by atoms with Gasteiger partial charge in [-0.25, -0.2) is 0 Å². The zero-order valence-electron chi connectivity index (χ0n) is 9.40. The Morgan fingerprint density at radius 3 is 2.31 bits per heavy atom. The zero-order valence-corrected chi connectivity index (χ0v) is 9.40. The molecular weight excluding hydrogens is 194 g/mol. The van der Waals surface area contributed by atoms with Crippen molar-refractivity contribution in [3.05, 3.63) is 66.7 Å². The minimum atomic E-state index is 1.08. The first kappa shape index (κ1) is 10.5. The van der Waals surface area contributed by atoms with Gasteiger partial charge in [0.05, 0.1) is 0 Å². The third-order valence-corrected chi connectivity index (χ3v) is 2.42. The summed E-state index contributed by atoms with van der Waals surface area (Å²) >= 11 is 0. The van der Waals surface area contributed by atoms with Gasteiger partial charge in [-0.3, -0.25) is 0 Å². The Morgan fingerprint density at radius 1 is 0.938 bits per heavy atom. The van der Waals surface area contributed by atoms with Crippen LogP contribution in [0.1, 0.15) is 12.5 Å². The Hall–Kier alpha value is -2.02. The lowest BCUT2D eigenvalue weighted by atomic mass is 10.1. The maximum atomic E-state index is 3.95. The highest BCUT2D eigenvalue weighted by molar-refractivity contribution is 5.68. The van der Waals surface area contributed by atoms with Crippen LogP contribution < -0.4 is 5.32 Å². The van der Waals surface area contributed by atoms with Crippen LogP contribution in [0.5, 0.6) is 0 Å². The molecular formula is C15H15N. The Morgan fingerprint density at radius 2 is 1.62 bits per heavy atom. The van der Waals surface area contributed by atoms with Gasteiger partial charge in [0.25, 0.3) is 0 Å². The van der Waals surface area contributed by atoms with Crippen molar-refractivity contribution in [2.45, 2.75) is 6.92 Å². The summed E-state index contributed by atoms with van der Waals surface area (Å²) in [6.45, 7) is 5.96. The molecule has 0 amide bonds. The molecule has 2 aromatic rings. The van der Waals surface area contributed by atoms with Gasteiger partial charge in [0.2, 0.25) is 0 Å². The summed E-state index contributed by atoms with van der Waals surface area (Å²) in [4.78, 5) is 0. The van der Waals surface area contributed by atoms with E-state index in [9.17, 15) is 0 Å². The van der Waals surface area contributed by atoms with Crippen molar-refractivity contribution >= 4 is 16.9 Å². The smallest absolute Gasteiger partial charge is 0.0390 e. The standard InChI is InChI=1S/C15H15N/c1-12(2)13-7-6-10-15(11-13)16-14-8-4-3-5-9-14/h3-11,16H,1H2,2H3. The molecule has 0 heterocycles. The van der Waals surface area contributed by atoms with Gasteiger partial charge in [-0.15, -0.1) is 0 Å². The fourth-order valence-corrected chi connectivity index (χ4v) is 1.55. The number of rotatable bonds is 3. The first-order chi connectivity index (χ1) is 7.75. The van der Waals surface area contributed by atoms with Crippen molar-refractivity contribution in [3.8, 4) is 0 Å². The van der Waals surface area contributed by atoms with E-state index in [-0.39, 0.29) is 0 Å². The number of para-hydroxylation sites is 1. The lowest BCUT2D eigenvalue weighted by Gasteiger charge is -2.08. The second-order valence-electron chi connectivity index (χ2n) is 3.85. The predicted octanol–water partition coefficient (Wildman–Crippen LogP) is 4.46. The van der Waals surface area contributed by atoms with Crippen LogP contribution in [0.4, 0.5) is 11.4 Å². The van der Waals surface area contributed by atoms with Gasteiger partial charge in [0.1, 0.15) is 0 Å². The largest absolute Gasteiger partial charge is 0.356 e. The molecule has 0 aromatic heterocycles. The number of anilines is 2. The van der Waals surface area contributed by atoms with Crippen molar-refractivity contribution in [2.75, 3.05) is 5.32 Å². The molecule has 0 fully saturated rings. The zero-order chi connectivity index (χ0) is 11.4. The highest BCUT2D eigenvalue weighted by Gasteiger charge is 1.96. The van der Waals surface area contributed by atoms with Gasteiger partial charge >= 0.3 is 0 Å². The van der Waals surface area contributed by atoms with Gasteiger partial charge in [0.15, 0.2) is 0 Å². The summed E-state index contributed by atoms with van der Waals surface area (Å²) in [5.74, 6) is 0. The first-order valence-electron chi connectivity index (χ1n) is 5.34. The topological polar surface area (TPSA) is 12.0 Å². The van der Waals surface area contributed by atoms with Crippen molar-refractivity contribution < 1.29 is 0 Å². The van der Waals surface area contributed by atoms with Gasteiger partial charge < -0.3 is 5.32 Å². The molecule has 0 aliphatic heterocycles. The fourth-order valence-electron chi connectivity index (χ4n) is 1.55. The molecule has 0 radical (unpaired) electrons. The molecule has 80 valence electrons. The van der Waals surface area contributed by atoms with Crippen LogP contribution in [0.3, 0.4) is 0 Å². The summed E-state index contributed by atoms with van der Waals surface area (Å²) in [7, 11) is 0. The molecule has 2 rings (SSSR count). The number of nitrogens with one attached hydrogen (secondary N) is 1. The highest BCUT2D eigenvalue weighted by atomic mass is 14.9. The Labute approximate surface area is 96.4 Å². The molecule has 0 atom stereocenters. The maximum Gasteiger partial charge on any atom is 0.0390 e. The van der Waals surface area contributed by atoms with Crippen LogP contribution >= 0.6 is 0 Å². The summed E-state index contributed by atoms with van der Waals surface area (Å²) in [6.07, 6.45) is 0. The van der Waals surface area contributed by atoms with Crippen LogP contribution in [0.15, 0.2) is 61.2 Å². The predicted molar refractivity (Wildman–Crippen MR) is 70.9 cm³/mol. The van der Waals surface area contributed by atoms with E-state index in [0.29, 0.717) is 0 Å². The van der Waals surface area contributed by atoms with Crippen molar-refractivity contribution in [1.82, 2.24) is 0 Å². The average Bonchev–Trinajstić information content (AvgIpc) is 2.30. The van der Waals surface area contributed by atoms with E-state index in [1.807, 2.05) is 43.3 Å². The quantitative estimate of drug-likeness (QED) is 0.786. The third-order valence-electron chi connectivity index (χ3n) is 2.42. The van der Waals surface area contributed by atoms with E-state index < -0.39 is 0 Å². The van der Waals surface area contributed by atoms with E-state index in [4.69, 9.17) is 0 Å². The first-order valence-corrected chi connectivity index (χ1v) is 5.34. The van der Waals surface area contributed by atoms with E-state index in [1.54, 1.807) is 0 Å². The fraction of sp³-hybridized carbons (Fsp3) is 0.0667. The highest BCUT2D eigenvalue weighted by Crippen LogP contribution is 2.20. The monoisotopic (exact) mass is 209 g/mol. The molecule has 0 bridgehead atoms. The van der Waals surface area contributed by atoms with Gasteiger partial charge in [0, 0.05) is 11.4 Å². The second kappa shape index (κ2) is 4.67. The van der Waals surface area contributed by atoms with Crippen LogP contribution in [-0.4, -0.2) is 0 Å². The van der Waals surface area contributed by atoms with E-state index >= 15 is 0 Å². The van der Waals surface area contributed by atoms with E-state index in [1.165, 1.54) is 5.56 Å². The maximum absolute atomic E-state index is 3.95. The van der Waals surface area contributed by atoms with Gasteiger partial charge in [-0.1, -0.05) is 42.5 Å². The third kappa shape index (κ3) is 2.51. The molecule has 16 heavy (non-hydrogen) atoms. The van der Waals surface area contributed by atoms with Crippen LogP contribution in [-0.2, 0) is 0 Å². The Bertz CT molecular complexity index is 486. The molecule has 0 aliphatic carbocycles. The normalized spacial score (nSPS) is 9.81. The minimum Gasteiger partial charge on any atom is -0.356 e. The molecule has 1 N–H and O–H groups in total. The van der Waals surface area contributed by atoms with Crippen molar-refractivity contribution in [3.63, 3.8) is 0 Å². The lowest BCUT2D eigenvalue weighted by Crippen LogP contribution is -1.90. The van der Waals surface area contributed by atoms with Crippen molar-refractivity contribution in [1.29, 1.82) is 0 Å². The molecule has 0 aliphatic rings. The average molecular weight is 209 g/mol. The van der Waals surface area contributed by atoms with Crippen molar-refractivity contribution in [2.24, 2.45) is 0 Å². The van der Waals surface area contributed by atoms with Crippen LogP contribution in [0.25, 0.3) is 5.57 Å². The Balaban J connectivity index is 2.22. The van der Waals surface area contributed by atoms with E-state index in [0.717, 1.165) is 16.9 Å². The molecule has 0 spiro atoms. The molecule has 2 aromatic carbocycles. The Kier molecular flexibility index (Phi) is 3.06.